The summed E-state index contributed by atoms with van der Waals surface area (Å²) in [5.74, 6) is 0.111. The molecule has 0 aliphatic heterocycles. The highest BCUT2D eigenvalue weighted by molar-refractivity contribution is 5.91. The Bertz CT molecular complexity index is 384. The molecule has 0 spiro atoms. The molecule has 1 aromatic rings. The third-order valence-corrected chi connectivity index (χ3v) is 3.00. The minimum absolute atomic E-state index is 0.340. The second-order valence-electron chi connectivity index (χ2n) is 5.11. The molecule has 0 saturated heterocycles. The van der Waals surface area contributed by atoms with E-state index in [2.05, 4.69) is 31.1 Å². The number of rotatable bonds is 8. The van der Waals surface area contributed by atoms with Gasteiger partial charge in [-0.05, 0) is 25.2 Å². The monoisotopic (exact) mass is 252 g/mol. The Morgan fingerprint density at radius 3 is 2.67 bits per heavy atom. The number of aryl methyl sites for hydroxylation is 1. The van der Waals surface area contributed by atoms with Gasteiger partial charge >= 0.3 is 0 Å². The average Bonchev–Trinajstić information content (AvgIpc) is 2.70. The van der Waals surface area contributed by atoms with Gasteiger partial charge in [0, 0.05) is 6.54 Å². The topological polar surface area (TPSA) is 73.8 Å². The fourth-order valence-corrected chi connectivity index (χ4v) is 1.89. The van der Waals surface area contributed by atoms with Crippen molar-refractivity contribution in [3.05, 3.63) is 11.4 Å². The highest BCUT2D eigenvalue weighted by Crippen LogP contribution is 2.13. The Labute approximate surface area is 109 Å². The summed E-state index contributed by atoms with van der Waals surface area (Å²) in [5, 5.41) is 7.96. The van der Waals surface area contributed by atoms with Gasteiger partial charge in [0.05, 0.1) is 5.69 Å². The molecule has 0 saturated carbocycles. The van der Waals surface area contributed by atoms with Gasteiger partial charge in [-0.25, -0.2) is 4.68 Å². The Balaban J connectivity index is 2.78. The maximum atomic E-state index is 11.3. The number of carbonyl (C=O) groups is 1. The second kappa shape index (κ2) is 7.13. The maximum Gasteiger partial charge on any atom is 0.271 e. The molecule has 18 heavy (non-hydrogen) atoms. The third-order valence-electron chi connectivity index (χ3n) is 3.00. The molecule has 0 aromatic carbocycles. The fourth-order valence-electron chi connectivity index (χ4n) is 1.89. The molecule has 5 nitrogen and oxygen atoms in total. The molecule has 0 aliphatic carbocycles. The van der Waals surface area contributed by atoms with Crippen molar-refractivity contribution < 1.29 is 4.79 Å². The summed E-state index contributed by atoms with van der Waals surface area (Å²) in [7, 11) is 0. The lowest BCUT2D eigenvalue weighted by molar-refractivity contribution is 0.0994. The molecule has 5 heteroatoms. The second-order valence-corrected chi connectivity index (χ2v) is 5.11. The molecule has 0 atom stereocenters. The van der Waals surface area contributed by atoms with E-state index >= 15 is 0 Å². The average molecular weight is 252 g/mol. The molecule has 1 rings (SSSR count). The van der Waals surface area contributed by atoms with Crippen LogP contribution in [0.2, 0.25) is 0 Å². The van der Waals surface area contributed by atoms with Gasteiger partial charge in [0.1, 0.15) is 0 Å². The predicted molar refractivity (Wildman–Crippen MR) is 71.2 cm³/mol. The lowest BCUT2D eigenvalue weighted by Crippen LogP contribution is -2.16. The molecule has 0 bridgehead atoms. The van der Waals surface area contributed by atoms with Crippen LogP contribution in [0.25, 0.3) is 0 Å². The molecule has 1 heterocycles. The zero-order chi connectivity index (χ0) is 13.5. The molecule has 0 fully saturated rings. The molecule has 1 amide bonds. The quantitative estimate of drug-likeness (QED) is 0.720. The van der Waals surface area contributed by atoms with Gasteiger partial charge in [0.2, 0.25) is 0 Å². The summed E-state index contributed by atoms with van der Waals surface area (Å²) in [6.45, 7) is 7.31. The number of carbonyl (C=O) groups excluding carboxylic acids is 1. The van der Waals surface area contributed by atoms with E-state index in [4.69, 9.17) is 5.73 Å². The van der Waals surface area contributed by atoms with Gasteiger partial charge in [-0.1, -0.05) is 38.8 Å². The van der Waals surface area contributed by atoms with E-state index in [0.29, 0.717) is 11.6 Å². The van der Waals surface area contributed by atoms with E-state index in [1.54, 1.807) is 0 Å². The van der Waals surface area contributed by atoms with Crippen molar-refractivity contribution in [3.63, 3.8) is 0 Å². The minimum Gasteiger partial charge on any atom is -0.364 e. The first kappa shape index (κ1) is 14.7. The van der Waals surface area contributed by atoms with Crippen LogP contribution >= 0.6 is 0 Å². The van der Waals surface area contributed by atoms with Crippen molar-refractivity contribution in [2.45, 2.75) is 59.4 Å². The molecule has 2 N–H and O–H groups in total. The summed E-state index contributed by atoms with van der Waals surface area (Å²) >= 11 is 0. The van der Waals surface area contributed by atoms with Crippen LogP contribution in [0.15, 0.2) is 0 Å². The van der Waals surface area contributed by atoms with Gasteiger partial charge in [0.15, 0.2) is 5.69 Å². The number of hydrogen-bond donors (Lipinski definition) is 1. The van der Waals surface area contributed by atoms with Crippen LogP contribution < -0.4 is 5.73 Å². The maximum absolute atomic E-state index is 11.3. The number of nitrogens with zero attached hydrogens (tertiary/aromatic N) is 3. The van der Waals surface area contributed by atoms with Crippen molar-refractivity contribution in [2.24, 2.45) is 11.7 Å². The van der Waals surface area contributed by atoms with Crippen LogP contribution in [0.3, 0.4) is 0 Å². The highest BCUT2D eigenvalue weighted by Gasteiger charge is 2.17. The van der Waals surface area contributed by atoms with E-state index in [-0.39, 0.29) is 0 Å². The lowest BCUT2D eigenvalue weighted by atomic mass is 10.1. The van der Waals surface area contributed by atoms with Crippen molar-refractivity contribution in [2.75, 3.05) is 0 Å². The molecule has 102 valence electrons. The van der Waals surface area contributed by atoms with Gasteiger partial charge in [-0.2, -0.15) is 0 Å². The number of nitrogens with two attached hydrogens (primary N) is 1. The zero-order valence-corrected chi connectivity index (χ0v) is 11.6. The highest BCUT2D eigenvalue weighted by atomic mass is 16.1. The summed E-state index contributed by atoms with van der Waals surface area (Å²) in [6, 6.07) is 0. The zero-order valence-electron chi connectivity index (χ0n) is 11.6. The number of hydrogen-bond acceptors (Lipinski definition) is 3. The number of unbranched alkanes of at least 4 members (excludes halogenated alkanes) is 2. The van der Waals surface area contributed by atoms with E-state index < -0.39 is 5.91 Å². The summed E-state index contributed by atoms with van der Waals surface area (Å²) in [5.41, 5.74) is 6.57. The fraction of sp³-hybridized carbons (Fsp3) is 0.769. The van der Waals surface area contributed by atoms with E-state index in [1.165, 1.54) is 6.42 Å². The molecule has 0 aliphatic rings. The van der Waals surface area contributed by atoms with Gasteiger partial charge < -0.3 is 5.73 Å². The van der Waals surface area contributed by atoms with E-state index in [0.717, 1.165) is 37.9 Å². The van der Waals surface area contributed by atoms with Gasteiger partial charge in [0.25, 0.3) is 5.91 Å². The van der Waals surface area contributed by atoms with Crippen LogP contribution in [0.4, 0.5) is 0 Å². The van der Waals surface area contributed by atoms with Crippen molar-refractivity contribution >= 4 is 5.91 Å². The van der Waals surface area contributed by atoms with Crippen LogP contribution in [0.5, 0.6) is 0 Å². The van der Waals surface area contributed by atoms with Crippen molar-refractivity contribution in [3.8, 4) is 0 Å². The molecule has 1 aromatic heterocycles. The number of primary amides is 1. The summed E-state index contributed by atoms with van der Waals surface area (Å²) in [6.07, 6.45) is 5.22. The number of aromatic nitrogens is 3. The normalized spacial score (nSPS) is 11.1. The third kappa shape index (κ3) is 4.13. The Hall–Kier alpha value is -1.39. The van der Waals surface area contributed by atoms with E-state index in [9.17, 15) is 4.79 Å². The predicted octanol–water partition coefficient (Wildman–Crippen LogP) is 2.16. The number of amides is 1. The Kier molecular flexibility index (Phi) is 5.82. The Morgan fingerprint density at radius 2 is 2.11 bits per heavy atom. The van der Waals surface area contributed by atoms with Crippen LogP contribution in [-0.2, 0) is 13.0 Å². The Morgan fingerprint density at radius 1 is 1.39 bits per heavy atom. The van der Waals surface area contributed by atoms with Crippen LogP contribution in [0.1, 0.15) is 62.6 Å². The SMILES string of the molecule is CCCCCn1nnc(C(N)=O)c1CCC(C)C. The van der Waals surface area contributed by atoms with Gasteiger partial charge in [-0.3, -0.25) is 4.79 Å². The van der Waals surface area contributed by atoms with Crippen LogP contribution in [0, 0.1) is 5.92 Å². The summed E-state index contributed by atoms with van der Waals surface area (Å²) < 4.78 is 1.85. The molecular weight excluding hydrogens is 228 g/mol. The van der Waals surface area contributed by atoms with Crippen molar-refractivity contribution in [1.29, 1.82) is 0 Å². The molecular formula is C13H24N4O. The van der Waals surface area contributed by atoms with E-state index in [1.807, 2.05) is 4.68 Å². The first-order valence-electron chi connectivity index (χ1n) is 6.78. The molecule has 0 unspecified atom stereocenters. The minimum atomic E-state index is -0.476. The lowest BCUT2D eigenvalue weighted by Gasteiger charge is -2.08. The van der Waals surface area contributed by atoms with Crippen molar-refractivity contribution in [1.82, 2.24) is 15.0 Å². The standard InChI is InChI=1S/C13H24N4O/c1-4-5-6-9-17-11(8-7-10(2)3)12(13(14)18)15-16-17/h10H,4-9H2,1-3H3,(H2,14,18). The van der Waals surface area contributed by atoms with Gasteiger partial charge in [-0.15, -0.1) is 5.10 Å². The largest absolute Gasteiger partial charge is 0.364 e. The van der Waals surface area contributed by atoms with Crippen LogP contribution in [-0.4, -0.2) is 20.9 Å². The smallest absolute Gasteiger partial charge is 0.271 e. The first-order valence-corrected chi connectivity index (χ1v) is 6.78. The molecule has 0 radical (unpaired) electrons. The summed E-state index contributed by atoms with van der Waals surface area (Å²) in [4.78, 5) is 11.3. The first-order chi connectivity index (χ1) is 8.56.